The molecule has 0 N–H and O–H groups in total. The van der Waals surface area contributed by atoms with E-state index in [-0.39, 0.29) is 11.5 Å². The molecule has 1 unspecified atom stereocenters. The van der Waals surface area contributed by atoms with Crippen molar-refractivity contribution in [2.75, 3.05) is 4.90 Å². The lowest BCUT2D eigenvalue weighted by atomic mass is 9.84. The van der Waals surface area contributed by atoms with E-state index in [0.717, 1.165) is 55.8 Å². The molecule has 1 atom stereocenters. The molecule has 0 aliphatic heterocycles. The molecule has 0 spiro atoms. The summed E-state index contributed by atoms with van der Waals surface area (Å²) in [4.78, 5) is 2.16. The van der Waals surface area contributed by atoms with E-state index < -0.39 is 34.4 Å². The zero-order chi connectivity index (χ0) is 40.0. The quantitative estimate of drug-likeness (QED) is 0.0886. The van der Waals surface area contributed by atoms with Crippen LogP contribution >= 0.6 is 0 Å². The molecule has 10 rings (SSSR count). The molecular formula is C54H35F4N. The second kappa shape index (κ2) is 14.9. The SMILES string of the molecule is Fc1c(F)c(-c2c3ccccc3c(-c3cccc4ccccc34)c3ccccc23)c(F)c(F)c1/C=C/C1C=CC(N(c2ccccc2)c2ccc3ccccc3c2)=CC1. The number of anilines is 2. The van der Waals surface area contributed by atoms with Crippen molar-refractivity contribution in [3.05, 3.63) is 223 Å². The summed E-state index contributed by atoms with van der Waals surface area (Å²) < 4.78 is 65.6. The zero-order valence-corrected chi connectivity index (χ0v) is 31.7. The summed E-state index contributed by atoms with van der Waals surface area (Å²) in [5, 5.41) is 6.70. The molecule has 9 aromatic rings. The molecule has 1 nitrogen and oxygen atoms in total. The van der Waals surface area contributed by atoms with Gasteiger partial charge in [0, 0.05) is 22.6 Å². The van der Waals surface area contributed by atoms with Crippen LogP contribution in [-0.4, -0.2) is 0 Å². The van der Waals surface area contributed by atoms with E-state index in [1.807, 2.05) is 121 Å². The van der Waals surface area contributed by atoms with Gasteiger partial charge in [-0.3, -0.25) is 0 Å². The van der Waals surface area contributed by atoms with Crippen molar-refractivity contribution in [1.82, 2.24) is 0 Å². The molecule has 0 saturated heterocycles. The summed E-state index contributed by atoms with van der Waals surface area (Å²) >= 11 is 0. The standard InChI is InChI=1S/C54H35F4N/c55-51-47(32-27-34-25-29-39(30-26-34)59(38-17-2-1-3-18-38)40-31-28-35-13-4-5-15-37(35)33-40)52(56)54(58)50(53(51)57)49-45-22-10-8-20-43(45)48(44-21-9-11-23-46(44)49)42-24-12-16-36-14-6-7-19-41(36)42/h1-25,27-34H,26H2/b32-27+. The Bertz CT molecular complexity index is 3110. The van der Waals surface area contributed by atoms with E-state index >= 15 is 17.6 Å². The molecule has 9 aromatic carbocycles. The Morgan fingerprint density at radius 1 is 0.458 bits per heavy atom. The lowest BCUT2D eigenvalue weighted by Gasteiger charge is -2.28. The highest BCUT2D eigenvalue weighted by atomic mass is 19.2. The fraction of sp³-hybridized carbons (Fsp3) is 0.0370. The van der Waals surface area contributed by atoms with Gasteiger partial charge >= 0.3 is 0 Å². The maximum Gasteiger partial charge on any atom is 0.170 e. The van der Waals surface area contributed by atoms with Gasteiger partial charge in [-0.2, -0.15) is 0 Å². The molecule has 5 heteroatoms. The van der Waals surface area contributed by atoms with Gasteiger partial charge in [-0.1, -0.05) is 164 Å². The third kappa shape index (κ3) is 6.27. The Kier molecular flexibility index (Phi) is 9.14. The van der Waals surface area contributed by atoms with Crippen LogP contribution in [0.1, 0.15) is 12.0 Å². The Balaban J connectivity index is 1.02. The fourth-order valence-electron chi connectivity index (χ4n) is 8.64. The number of fused-ring (bicyclic) bond motifs is 4. The normalized spacial score (nSPS) is 14.2. The average Bonchev–Trinajstić information content (AvgIpc) is 3.29. The maximum absolute atomic E-state index is 16.6. The van der Waals surface area contributed by atoms with Crippen molar-refractivity contribution < 1.29 is 17.6 Å². The Hall–Kier alpha value is -7.24. The lowest BCUT2D eigenvalue weighted by molar-refractivity contribution is 0.456. The number of allylic oxidation sites excluding steroid dienone is 4. The molecule has 59 heavy (non-hydrogen) atoms. The van der Waals surface area contributed by atoms with Gasteiger partial charge in [0.1, 0.15) is 0 Å². The smallest absolute Gasteiger partial charge is 0.170 e. The van der Waals surface area contributed by atoms with Gasteiger partial charge < -0.3 is 4.90 Å². The third-order valence-electron chi connectivity index (χ3n) is 11.4. The number of para-hydroxylation sites is 1. The van der Waals surface area contributed by atoms with Crippen LogP contribution in [0.5, 0.6) is 0 Å². The van der Waals surface area contributed by atoms with Gasteiger partial charge in [0.15, 0.2) is 23.3 Å². The molecular weight excluding hydrogens is 739 g/mol. The van der Waals surface area contributed by atoms with Crippen molar-refractivity contribution >= 4 is 60.5 Å². The number of rotatable bonds is 7. The van der Waals surface area contributed by atoms with Gasteiger partial charge in [0.2, 0.25) is 0 Å². The van der Waals surface area contributed by atoms with Crippen LogP contribution in [0.3, 0.4) is 0 Å². The molecule has 0 heterocycles. The lowest BCUT2D eigenvalue weighted by Crippen LogP contribution is -2.17. The van der Waals surface area contributed by atoms with Crippen LogP contribution < -0.4 is 4.90 Å². The van der Waals surface area contributed by atoms with E-state index in [1.54, 1.807) is 30.3 Å². The van der Waals surface area contributed by atoms with Crippen molar-refractivity contribution in [2.24, 2.45) is 5.92 Å². The first kappa shape index (κ1) is 36.1. The molecule has 0 bridgehead atoms. The first-order valence-corrected chi connectivity index (χ1v) is 19.6. The summed E-state index contributed by atoms with van der Waals surface area (Å²) in [5.74, 6) is -6.03. The Morgan fingerprint density at radius 3 is 1.66 bits per heavy atom. The van der Waals surface area contributed by atoms with Crippen LogP contribution in [0.15, 0.2) is 194 Å². The van der Waals surface area contributed by atoms with Gasteiger partial charge in [0.25, 0.3) is 0 Å². The third-order valence-corrected chi connectivity index (χ3v) is 11.4. The number of hydrogen-bond acceptors (Lipinski definition) is 1. The van der Waals surface area contributed by atoms with Crippen molar-refractivity contribution in [2.45, 2.75) is 6.42 Å². The minimum atomic E-state index is -1.44. The van der Waals surface area contributed by atoms with E-state index in [9.17, 15) is 0 Å². The zero-order valence-electron chi connectivity index (χ0n) is 31.7. The van der Waals surface area contributed by atoms with E-state index in [0.29, 0.717) is 28.0 Å². The molecule has 1 aliphatic rings. The number of benzene rings is 9. The van der Waals surface area contributed by atoms with Gasteiger partial charge in [-0.25, -0.2) is 17.6 Å². The van der Waals surface area contributed by atoms with Crippen LogP contribution in [0.25, 0.3) is 71.4 Å². The highest BCUT2D eigenvalue weighted by molar-refractivity contribution is 6.23. The monoisotopic (exact) mass is 773 g/mol. The van der Waals surface area contributed by atoms with E-state index in [1.165, 1.54) is 0 Å². The molecule has 0 radical (unpaired) electrons. The molecule has 0 aromatic heterocycles. The number of halogens is 4. The molecule has 0 saturated carbocycles. The van der Waals surface area contributed by atoms with Crippen LogP contribution in [0.4, 0.5) is 28.9 Å². The second-order valence-corrected chi connectivity index (χ2v) is 14.9. The minimum absolute atomic E-state index is 0.103. The van der Waals surface area contributed by atoms with E-state index in [2.05, 4.69) is 41.3 Å². The number of nitrogens with zero attached hydrogens (tertiary/aromatic N) is 1. The molecule has 284 valence electrons. The van der Waals surface area contributed by atoms with Gasteiger partial charge in [0.05, 0.1) is 11.1 Å². The van der Waals surface area contributed by atoms with Crippen molar-refractivity contribution in [3.8, 4) is 22.3 Å². The maximum atomic E-state index is 16.6. The highest BCUT2D eigenvalue weighted by Crippen LogP contribution is 2.47. The Morgan fingerprint density at radius 2 is 1.02 bits per heavy atom. The largest absolute Gasteiger partial charge is 0.311 e. The molecule has 0 fully saturated rings. The van der Waals surface area contributed by atoms with E-state index in [4.69, 9.17) is 0 Å². The molecule has 1 aliphatic carbocycles. The van der Waals surface area contributed by atoms with Gasteiger partial charge in [-0.15, -0.1) is 0 Å². The summed E-state index contributed by atoms with van der Waals surface area (Å²) in [6.45, 7) is 0. The first-order valence-electron chi connectivity index (χ1n) is 19.6. The summed E-state index contributed by atoms with van der Waals surface area (Å²) in [5.41, 5.74) is 3.34. The topological polar surface area (TPSA) is 3.24 Å². The van der Waals surface area contributed by atoms with Gasteiger partial charge in [-0.05, 0) is 96.9 Å². The highest BCUT2D eigenvalue weighted by Gasteiger charge is 2.29. The average molecular weight is 774 g/mol. The number of hydrogen-bond donors (Lipinski definition) is 0. The van der Waals surface area contributed by atoms with Crippen LogP contribution in [-0.2, 0) is 0 Å². The minimum Gasteiger partial charge on any atom is -0.311 e. The fourth-order valence-corrected chi connectivity index (χ4v) is 8.64. The van der Waals surface area contributed by atoms with Crippen molar-refractivity contribution in [3.63, 3.8) is 0 Å². The first-order chi connectivity index (χ1) is 29.0. The summed E-state index contributed by atoms with van der Waals surface area (Å²) in [7, 11) is 0. The predicted molar refractivity (Wildman–Crippen MR) is 237 cm³/mol. The summed E-state index contributed by atoms with van der Waals surface area (Å²) in [6, 6.07) is 53.2. The van der Waals surface area contributed by atoms with Crippen LogP contribution in [0.2, 0.25) is 0 Å². The second-order valence-electron chi connectivity index (χ2n) is 14.9. The van der Waals surface area contributed by atoms with Crippen molar-refractivity contribution in [1.29, 1.82) is 0 Å². The predicted octanol–water partition coefficient (Wildman–Crippen LogP) is 15.5. The van der Waals surface area contributed by atoms with Crippen LogP contribution in [0, 0.1) is 29.2 Å². The molecule has 0 amide bonds. The Labute approximate surface area is 339 Å². The summed E-state index contributed by atoms with van der Waals surface area (Å²) in [6.07, 6.45) is 9.23.